The maximum atomic E-state index is 12.4. The molecular formula is C19H14F3N3O5. The van der Waals surface area contributed by atoms with Gasteiger partial charge in [-0.25, -0.2) is 9.89 Å². The monoisotopic (exact) mass is 421 g/mol. The minimum absolute atomic E-state index is 0.168. The van der Waals surface area contributed by atoms with Crippen molar-refractivity contribution in [2.24, 2.45) is 0 Å². The third-order valence-corrected chi connectivity index (χ3v) is 3.90. The number of aromatic nitrogens is 2. The number of H-pyrrole nitrogens is 1. The Morgan fingerprint density at radius 2 is 1.70 bits per heavy atom. The Labute approximate surface area is 166 Å². The van der Waals surface area contributed by atoms with Crippen LogP contribution in [-0.4, -0.2) is 34.5 Å². The SMILES string of the molecule is CC(OC(=O)c1n[nH]c(=O)c2ccccc12)C(=O)Nc1ccc(OC(F)(F)F)cc1. The Morgan fingerprint density at radius 3 is 2.33 bits per heavy atom. The van der Waals surface area contributed by atoms with Gasteiger partial charge in [-0.3, -0.25) is 9.59 Å². The van der Waals surface area contributed by atoms with Crippen LogP contribution in [0.2, 0.25) is 0 Å². The van der Waals surface area contributed by atoms with Gasteiger partial charge >= 0.3 is 12.3 Å². The maximum Gasteiger partial charge on any atom is 0.573 e. The molecule has 0 aliphatic rings. The van der Waals surface area contributed by atoms with E-state index in [9.17, 15) is 27.6 Å². The van der Waals surface area contributed by atoms with Gasteiger partial charge in [-0.15, -0.1) is 13.2 Å². The molecule has 0 bridgehead atoms. The van der Waals surface area contributed by atoms with Crippen molar-refractivity contribution in [3.63, 3.8) is 0 Å². The fourth-order valence-corrected chi connectivity index (χ4v) is 2.52. The van der Waals surface area contributed by atoms with Crippen molar-refractivity contribution in [2.45, 2.75) is 19.4 Å². The zero-order chi connectivity index (χ0) is 21.9. The van der Waals surface area contributed by atoms with E-state index in [0.29, 0.717) is 0 Å². The third-order valence-electron chi connectivity index (χ3n) is 3.90. The van der Waals surface area contributed by atoms with E-state index in [4.69, 9.17) is 4.74 Å². The number of fused-ring (bicyclic) bond motifs is 1. The number of nitrogens with one attached hydrogen (secondary N) is 2. The highest BCUT2D eigenvalue weighted by Gasteiger charge is 2.31. The van der Waals surface area contributed by atoms with Crippen LogP contribution in [0.1, 0.15) is 17.4 Å². The number of aromatic amines is 1. The van der Waals surface area contributed by atoms with E-state index in [2.05, 4.69) is 20.3 Å². The molecule has 1 atom stereocenters. The van der Waals surface area contributed by atoms with E-state index in [-0.39, 0.29) is 22.2 Å². The molecule has 156 valence electrons. The first-order valence-corrected chi connectivity index (χ1v) is 8.49. The van der Waals surface area contributed by atoms with Crippen molar-refractivity contribution >= 4 is 28.3 Å². The molecular weight excluding hydrogens is 407 g/mol. The molecule has 0 saturated carbocycles. The Kier molecular flexibility index (Phi) is 5.72. The number of carbonyl (C=O) groups excluding carboxylic acids is 2. The Hall–Kier alpha value is -3.89. The van der Waals surface area contributed by atoms with Crippen LogP contribution >= 0.6 is 0 Å². The molecule has 11 heteroatoms. The van der Waals surface area contributed by atoms with Crippen molar-refractivity contribution in [3.8, 4) is 5.75 Å². The number of esters is 1. The topological polar surface area (TPSA) is 110 Å². The minimum Gasteiger partial charge on any atom is -0.448 e. The smallest absolute Gasteiger partial charge is 0.448 e. The highest BCUT2D eigenvalue weighted by atomic mass is 19.4. The molecule has 2 N–H and O–H groups in total. The molecule has 0 aliphatic carbocycles. The number of rotatable bonds is 5. The van der Waals surface area contributed by atoms with Crippen LogP contribution in [0.4, 0.5) is 18.9 Å². The summed E-state index contributed by atoms with van der Waals surface area (Å²) in [6, 6.07) is 10.7. The summed E-state index contributed by atoms with van der Waals surface area (Å²) < 4.78 is 45.4. The lowest BCUT2D eigenvalue weighted by Gasteiger charge is -2.14. The van der Waals surface area contributed by atoms with Crippen LogP contribution in [0.5, 0.6) is 5.75 Å². The van der Waals surface area contributed by atoms with Gasteiger partial charge in [0.15, 0.2) is 11.8 Å². The first-order chi connectivity index (χ1) is 14.1. The summed E-state index contributed by atoms with van der Waals surface area (Å²) >= 11 is 0. The van der Waals surface area contributed by atoms with Gasteiger partial charge in [0.1, 0.15) is 5.75 Å². The molecule has 1 aromatic heterocycles. The predicted octanol–water partition coefficient (Wildman–Crippen LogP) is 3.01. The van der Waals surface area contributed by atoms with Crippen LogP contribution in [-0.2, 0) is 9.53 Å². The first-order valence-electron chi connectivity index (χ1n) is 8.49. The number of nitrogens with zero attached hydrogens (tertiary/aromatic N) is 1. The van der Waals surface area contributed by atoms with Crippen LogP contribution in [0, 0.1) is 0 Å². The van der Waals surface area contributed by atoms with Crippen molar-refractivity contribution in [1.82, 2.24) is 10.2 Å². The van der Waals surface area contributed by atoms with Gasteiger partial charge in [-0.2, -0.15) is 5.10 Å². The fourth-order valence-electron chi connectivity index (χ4n) is 2.52. The van der Waals surface area contributed by atoms with Crippen molar-refractivity contribution in [1.29, 1.82) is 0 Å². The predicted molar refractivity (Wildman–Crippen MR) is 99.0 cm³/mol. The molecule has 0 saturated heterocycles. The fraction of sp³-hybridized carbons (Fsp3) is 0.158. The van der Waals surface area contributed by atoms with Crippen LogP contribution in [0.15, 0.2) is 53.3 Å². The Bertz CT molecular complexity index is 1140. The normalized spacial score (nSPS) is 12.3. The molecule has 0 radical (unpaired) electrons. The lowest BCUT2D eigenvalue weighted by atomic mass is 10.1. The van der Waals surface area contributed by atoms with Crippen molar-refractivity contribution in [2.75, 3.05) is 5.32 Å². The number of hydrogen-bond acceptors (Lipinski definition) is 6. The van der Waals surface area contributed by atoms with E-state index in [0.717, 1.165) is 12.1 Å². The van der Waals surface area contributed by atoms with Gasteiger partial charge in [0.05, 0.1) is 5.39 Å². The minimum atomic E-state index is -4.83. The van der Waals surface area contributed by atoms with Crippen molar-refractivity contribution in [3.05, 3.63) is 64.6 Å². The summed E-state index contributed by atoms with van der Waals surface area (Å²) in [6.07, 6.45) is -6.08. The van der Waals surface area contributed by atoms with Gasteiger partial charge < -0.3 is 14.8 Å². The zero-order valence-corrected chi connectivity index (χ0v) is 15.3. The second-order valence-corrected chi connectivity index (χ2v) is 6.06. The number of halogens is 3. The van der Waals surface area contributed by atoms with Crippen molar-refractivity contribution < 1.29 is 32.2 Å². The quantitative estimate of drug-likeness (QED) is 0.613. The summed E-state index contributed by atoms with van der Waals surface area (Å²) in [7, 11) is 0. The number of carbonyl (C=O) groups is 2. The van der Waals surface area contributed by atoms with E-state index in [1.54, 1.807) is 12.1 Å². The van der Waals surface area contributed by atoms with Gasteiger partial charge in [-0.05, 0) is 37.3 Å². The highest BCUT2D eigenvalue weighted by Crippen LogP contribution is 2.24. The first kappa shape index (κ1) is 20.8. The number of hydrogen-bond donors (Lipinski definition) is 2. The number of alkyl halides is 3. The molecule has 1 amide bonds. The van der Waals surface area contributed by atoms with E-state index in [1.165, 1.54) is 31.2 Å². The third kappa shape index (κ3) is 4.93. The second-order valence-electron chi connectivity index (χ2n) is 6.06. The average molecular weight is 421 g/mol. The van der Waals surface area contributed by atoms with Gasteiger partial charge in [0, 0.05) is 11.1 Å². The van der Waals surface area contributed by atoms with Gasteiger partial charge in [0.25, 0.3) is 11.5 Å². The Balaban J connectivity index is 1.67. The molecule has 0 fully saturated rings. The number of benzene rings is 2. The van der Waals surface area contributed by atoms with E-state index >= 15 is 0 Å². The lowest BCUT2D eigenvalue weighted by Crippen LogP contribution is -2.30. The van der Waals surface area contributed by atoms with Crippen LogP contribution < -0.4 is 15.6 Å². The zero-order valence-electron chi connectivity index (χ0n) is 15.3. The van der Waals surface area contributed by atoms with Crippen LogP contribution in [0.3, 0.4) is 0 Å². The Morgan fingerprint density at radius 1 is 1.07 bits per heavy atom. The maximum absolute atomic E-state index is 12.4. The van der Waals surface area contributed by atoms with Gasteiger partial charge in [0.2, 0.25) is 0 Å². The summed E-state index contributed by atoms with van der Waals surface area (Å²) in [5.74, 6) is -2.10. The highest BCUT2D eigenvalue weighted by molar-refractivity contribution is 6.03. The number of amides is 1. The molecule has 0 spiro atoms. The summed E-state index contributed by atoms with van der Waals surface area (Å²) in [5, 5.41) is 8.78. The lowest BCUT2D eigenvalue weighted by molar-refractivity contribution is -0.274. The number of ether oxygens (including phenoxy) is 2. The van der Waals surface area contributed by atoms with Gasteiger partial charge in [-0.1, -0.05) is 18.2 Å². The van der Waals surface area contributed by atoms with E-state index in [1.807, 2.05) is 0 Å². The summed E-state index contributed by atoms with van der Waals surface area (Å²) in [6.45, 7) is 1.31. The number of anilines is 1. The largest absolute Gasteiger partial charge is 0.573 e. The molecule has 8 nitrogen and oxygen atoms in total. The molecule has 30 heavy (non-hydrogen) atoms. The summed E-state index contributed by atoms with van der Waals surface area (Å²) in [5.41, 5.74) is -0.477. The second kappa shape index (κ2) is 8.23. The molecule has 3 rings (SSSR count). The average Bonchev–Trinajstić information content (AvgIpc) is 2.68. The molecule has 2 aromatic carbocycles. The standard InChI is InChI=1S/C19H14F3N3O5/c1-10(16(26)23-11-6-8-12(9-7-11)30-19(20,21)22)29-18(28)15-13-4-2-3-5-14(13)17(27)25-24-15/h2-10H,1H3,(H,23,26)(H,25,27). The molecule has 1 unspecified atom stereocenters. The molecule has 3 aromatic rings. The molecule has 1 heterocycles. The molecule has 0 aliphatic heterocycles. The van der Waals surface area contributed by atoms with E-state index < -0.39 is 35.7 Å². The summed E-state index contributed by atoms with van der Waals surface area (Å²) in [4.78, 5) is 36.4. The van der Waals surface area contributed by atoms with Crippen LogP contribution in [0.25, 0.3) is 10.8 Å².